The highest BCUT2D eigenvalue weighted by molar-refractivity contribution is 6.24. The van der Waals surface area contributed by atoms with E-state index in [4.69, 9.17) is 4.98 Å². The van der Waals surface area contributed by atoms with Gasteiger partial charge in [0, 0.05) is 72.9 Å². The monoisotopic (exact) mass is 524 g/mol. The van der Waals surface area contributed by atoms with Crippen LogP contribution in [0.3, 0.4) is 0 Å². The first kappa shape index (κ1) is 24.5. The number of piperidine rings is 1. The van der Waals surface area contributed by atoms with Gasteiger partial charge in [-0.2, -0.15) is 19.3 Å². The van der Waals surface area contributed by atoms with E-state index in [1.807, 2.05) is 31.8 Å². The summed E-state index contributed by atoms with van der Waals surface area (Å²) in [4.78, 5) is 7.26. The van der Waals surface area contributed by atoms with Crippen LogP contribution in [0.2, 0.25) is 0 Å². The molecule has 2 aliphatic heterocycles. The number of nitrogens with zero attached hydrogens (tertiary/aromatic N) is 7. The molecule has 1 N–H and O–H groups in total. The average Bonchev–Trinajstić information content (AvgIpc) is 3.63. The minimum Gasteiger partial charge on any atom is -0.356 e. The predicted molar refractivity (Wildman–Crippen MR) is 139 cm³/mol. The molecule has 0 radical (unpaired) electrons. The molecule has 2 fully saturated rings. The standard InChI is InChI=1S/C25H26N8.Cl2O/c1-31-14-21(13-29-31)19-9-22(24-20(10-26)12-30-33(24)15-19)18-3-4-23(28-11-18)32-8-6-25(17-32)5-2-7-27-16-25;1-3-2/h3-4,9,11-15,27H,2,5-8,16-17H2,1H3;. The van der Waals surface area contributed by atoms with Gasteiger partial charge in [0.25, 0.3) is 0 Å². The van der Waals surface area contributed by atoms with Crippen LogP contribution < -0.4 is 10.2 Å². The Hall–Kier alpha value is -3.16. The summed E-state index contributed by atoms with van der Waals surface area (Å²) in [7, 11) is 1.90. The Morgan fingerprint density at radius 3 is 2.61 bits per heavy atom. The van der Waals surface area contributed by atoms with Crippen LogP contribution in [0.5, 0.6) is 0 Å². The minimum absolute atomic E-state index is 0.391. The van der Waals surface area contributed by atoms with Gasteiger partial charge in [0.1, 0.15) is 11.9 Å². The van der Waals surface area contributed by atoms with Crippen molar-refractivity contribution >= 4 is 35.1 Å². The molecule has 4 aromatic heterocycles. The summed E-state index contributed by atoms with van der Waals surface area (Å²) in [6.07, 6.45) is 13.1. The van der Waals surface area contributed by atoms with Crippen molar-refractivity contribution in [3.8, 4) is 28.3 Å². The summed E-state index contributed by atoms with van der Waals surface area (Å²) in [5.41, 5.74) is 5.66. The molecule has 0 amide bonds. The number of fused-ring (bicyclic) bond motifs is 1. The molecule has 9 nitrogen and oxygen atoms in total. The van der Waals surface area contributed by atoms with Gasteiger partial charge in [0.2, 0.25) is 0 Å². The summed E-state index contributed by atoms with van der Waals surface area (Å²) in [5.74, 6) is 1.02. The fourth-order valence-corrected chi connectivity index (χ4v) is 5.39. The summed E-state index contributed by atoms with van der Waals surface area (Å²) >= 11 is 8.53. The zero-order chi connectivity index (χ0) is 25.1. The Morgan fingerprint density at radius 1 is 1.08 bits per heavy atom. The van der Waals surface area contributed by atoms with E-state index in [0.717, 1.165) is 59.8 Å². The van der Waals surface area contributed by atoms with Crippen molar-refractivity contribution in [2.45, 2.75) is 19.3 Å². The lowest BCUT2D eigenvalue weighted by Crippen LogP contribution is -2.42. The lowest BCUT2D eigenvalue weighted by atomic mass is 9.80. The molecule has 0 saturated carbocycles. The Morgan fingerprint density at radius 2 is 1.94 bits per heavy atom. The van der Waals surface area contributed by atoms with E-state index in [1.54, 1.807) is 15.4 Å². The molecule has 0 aliphatic carbocycles. The van der Waals surface area contributed by atoms with Crippen LogP contribution >= 0.6 is 23.7 Å². The maximum absolute atomic E-state index is 9.65. The Labute approximate surface area is 219 Å². The fourth-order valence-electron chi connectivity index (χ4n) is 5.39. The Kier molecular flexibility index (Phi) is 7.12. The van der Waals surface area contributed by atoms with Crippen molar-refractivity contribution in [3.05, 3.63) is 54.7 Å². The first-order chi connectivity index (χ1) is 17.6. The second kappa shape index (κ2) is 10.4. The van der Waals surface area contributed by atoms with Crippen molar-refractivity contribution < 1.29 is 3.84 Å². The average molecular weight is 525 g/mol. The molecule has 1 spiro atoms. The van der Waals surface area contributed by atoms with Gasteiger partial charge in [-0.1, -0.05) is 0 Å². The smallest absolute Gasteiger partial charge is 0.128 e. The molecule has 2 saturated heterocycles. The molecule has 0 bridgehead atoms. The van der Waals surface area contributed by atoms with Gasteiger partial charge in [-0.3, -0.25) is 4.68 Å². The third-order valence-corrected chi connectivity index (χ3v) is 7.15. The largest absolute Gasteiger partial charge is 0.356 e. The highest BCUT2D eigenvalue weighted by Crippen LogP contribution is 2.38. The van der Waals surface area contributed by atoms with Gasteiger partial charge in [0.05, 0.1) is 47.2 Å². The van der Waals surface area contributed by atoms with Crippen molar-refractivity contribution in [3.63, 3.8) is 0 Å². The molecule has 6 heterocycles. The summed E-state index contributed by atoms with van der Waals surface area (Å²) in [6, 6.07) is 8.60. The third kappa shape index (κ3) is 4.77. The molecule has 36 heavy (non-hydrogen) atoms. The van der Waals surface area contributed by atoms with E-state index < -0.39 is 0 Å². The SMILES string of the molecule is ClOCl.Cn1cc(-c2cc(-c3ccc(N4CCC5(CCCNC5)C4)nc3)c3c(C#N)cnn3c2)cn1. The van der Waals surface area contributed by atoms with E-state index >= 15 is 0 Å². The normalized spacial score (nSPS) is 19.3. The third-order valence-electron chi connectivity index (χ3n) is 7.15. The fraction of sp³-hybridized carbons (Fsp3) is 0.360. The molecule has 4 aromatic rings. The number of nitrogens with one attached hydrogen (secondary N) is 1. The number of nitriles is 1. The van der Waals surface area contributed by atoms with Crippen LogP contribution in [-0.2, 0) is 10.9 Å². The lowest BCUT2D eigenvalue weighted by Gasteiger charge is -2.33. The van der Waals surface area contributed by atoms with Crippen molar-refractivity contribution in [1.82, 2.24) is 29.7 Å². The van der Waals surface area contributed by atoms with Crippen molar-refractivity contribution in [2.24, 2.45) is 12.5 Å². The molecule has 186 valence electrons. The second-order valence-electron chi connectivity index (χ2n) is 9.42. The van der Waals surface area contributed by atoms with Crippen LogP contribution in [0.15, 0.2) is 49.2 Å². The predicted octanol–water partition coefficient (Wildman–Crippen LogP) is 4.56. The lowest BCUT2D eigenvalue weighted by molar-refractivity contribution is 0.239. The van der Waals surface area contributed by atoms with E-state index in [9.17, 15) is 5.26 Å². The van der Waals surface area contributed by atoms with E-state index in [2.05, 4.69) is 72.3 Å². The minimum atomic E-state index is 0.391. The number of hydrogen-bond acceptors (Lipinski definition) is 7. The quantitative estimate of drug-likeness (QED) is 0.419. The maximum atomic E-state index is 9.65. The van der Waals surface area contributed by atoms with E-state index in [-0.39, 0.29) is 0 Å². The molecule has 0 aromatic carbocycles. The number of hydrogen-bond donors (Lipinski definition) is 1. The summed E-state index contributed by atoms with van der Waals surface area (Å²) in [6.45, 7) is 4.36. The summed E-state index contributed by atoms with van der Waals surface area (Å²) < 4.78 is 6.76. The molecular weight excluding hydrogens is 499 g/mol. The van der Waals surface area contributed by atoms with Crippen LogP contribution in [-0.4, -0.2) is 50.6 Å². The first-order valence-corrected chi connectivity index (χ1v) is 12.4. The second-order valence-corrected chi connectivity index (χ2v) is 9.89. The number of aryl methyl sites for hydroxylation is 1. The number of anilines is 1. The molecule has 1 unspecified atom stereocenters. The topological polar surface area (TPSA) is 96.3 Å². The van der Waals surface area contributed by atoms with Crippen molar-refractivity contribution in [2.75, 3.05) is 31.1 Å². The Balaban J connectivity index is 0.000000848. The number of halogens is 2. The van der Waals surface area contributed by atoms with Crippen LogP contribution in [0.1, 0.15) is 24.8 Å². The van der Waals surface area contributed by atoms with Gasteiger partial charge in [-0.15, -0.1) is 0 Å². The highest BCUT2D eigenvalue weighted by Gasteiger charge is 2.39. The molecule has 6 rings (SSSR count). The zero-order valence-electron chi connectivity index (χ0n) is 19.9. The number of rotatable bonds is 3. The summed E-state index contributed by atoms with van der Waals surface area (Å²) in [5, 5.41) is 22.0. The first-order valence-electron chi connectivity index (χ1n) is 11.8. The van der Waals surface area contributed by atoms with E-state index in [1.165, 1.54) is 19.3 Å². The van der Waals surface area contributed by atoms with Crippen LogP contribution in [0.25, 0.3) is 27.8 Å². The van der Waals surface area contributed by atoms with Crippen LogP contribution in [0.4, 0.5) is 5.82 Å². The zero-order valence-corrected chi connectivity index (χ0v) is 21.4. The van der Waals surface area contributed by atoms with Gasteiger partial charge in [-0.05, 0) is 44.0 Å². The molecule has 1 atom stereocenters. The number of pyridine rings is 2. The van der Waals surface area contributed by atoms with E-state index in [0.29, 0.717) is 11.0 Å². The molecular formula is C25H26Cl2N8O. The van der Waals surface area contributed by atoms with Crippen LogP contribution in [0, 0.1) is 16.7 Å². The maximum Gasteiger partial charge on any atom is 0.128 e. The van der Waals surface area contributed by atoms with Gasteiger partial charge >= 0.3 is 0 Å². The highest BCUT2D eigenvalue weighted by atomic mass is 35.6. The van der Waals surface area contributed by atoms with Gasteiger partial charge < -0.3 is 10.2 Å². The Bertz CT molecular complexity index is 1390. The molecule has 11 heteroatoms. The van der Waals surface area contributed by atoms with Crippen molar-refractivity contribution in [1.29, 1.82) is 5.26 Å². The van der Waals surface area contributed by atoms with Gasteiger partial charge in [-0.25, -0.2) is 9.50 Å². The number of aromatic nitrogens is 5. The molecule has 2 aliphatic rings. The van der Waals surface area contributed by atoms with Gasteiger partial charge in [0.15, 0.2) is 0 Å².